The van der Waals surface area contributed by atoms with Gasteiger partial charge >= 0.3 is 0 Å². The van der Waals surface area contributed by atoms with Gasteiger partial charge in [-0.15, -0.1) is 0 Å². The van der Waals surface area contributed by atoms with Crippen LogP contribution in [-0.4, -0.2) is 50.5 Å². The number of nitrogens with one attached hydrogen (secondary N) is 1. The average molecular weight is 571 g/mol. The lowest BCUT2D eigenvalue weighted by molar-refractivity contribution is -0.140. The Morgan fingerprint density at radius 2 is 1.57 bits per heavy atom. The van der Waals surface area contributed by atoms with Gasteiger partial charge in [0.05, 0.1) is 11.9 Å². The molecule has 10 heteroatoms. The van der Waals surface area contributed by atoms with E-state index in [0.29, 0.717) is 27.8 Å². The third kappa shape index (κ3) is 9.20. The summed E-state index contributed by atoms with van der Waals surface area (Å²) < 4.78 is 26.4. The summed E-state index contributed by atoms with van der Waals surface area (Å²) in [5.74, 6) is -0.319. The largest absolute Gasteiger partial charge is 0.354 e. The van der Waals surface area contributed by atoms with Gasteiger partial charge in [-0.25, -0.2) is 8.42 Å². The summed E-state index contributed by atoms with van der Waals surface area (Å²) >= 11 is 12.7. The Hall–Kier alpha value is -2.29. The van der Waals surface area contributed by atoms with Gasteiger partial charge in [0.25, 0.3) is 0 Å². The molecular formula is C27H37Cl2N3O4S. The fourth-order valence-electron chi connectivity index (χ4n) is 3.99. The van der Waals surface area contributed by atoms with Crippen molar-refractivity contribution >= 4 is 50.7 Å². The Kier molecular flexibility index (Phi) is 11.3. The van der Waals surface area contributed by atoms with Crippen molar-refractivity contribution < 1.29 is 18.0 Å². The highest BCUT2D eigenvalue weighted by Crippen LogP contribution is 2.27. The molecule has 0 aliphatic rings. The molecule has 2 rings (SSSR count). The first-order valence-corrected chi connectivity index (χ1v) is 14.9. The van der Waals surface area contributed by atoms with E-state index in [0.717, 1.165) is 17.4 Å². The van der Waals surface area contributed by atoms with Crippen molar-refractivity contribution in [3.63, 3.8) is 0 Å². The molecule has 0 aliphatic carbocycles. The second kappa shape index (κ2) is 13.5. The lowest BCUT2D eigenvalue weighted by Gasteiger charge is -2.30. The number of nitrogens with zero attached hydrogens (tertiary/aromatic N) is 2. The average Bonchev–Trinajstić information content (AvgIpc) is 2.78. The maximum absolute atomic E-state index is 13.4. The monoisotopic (exact) mass is 569 g/mol. The van der Waals surface area contributed by atoms with Gasteiger partial charge in [-0.1, -0.05) is 49.2 Å². The summed E-state index contributed by atoms with van der Waals surface area (Å²) in [7, 11) is -3.57. The second-order valence-electron chi connectivity index (χ2n) is 9.82. The first-order chi connectivity index (χ1) is 17.2. The highest BCUT2D eigenvalue weighted by Gasteiger charge is 2.28. The summed E-state index contributed by atoms with van der Waals surface area (Å²) in [5, 5.41) is 3.67. The minimum absolute atomic E-state index is 0.0424. The molecule has 0 radical (unpaired) electrons. The standard InChI is InChI=1S/C27H37Cl2N3O4S/c1-18(2)16-30-27(34)21(5)31(17-23-24(28)9-7-10-25(23)29)26(33)11-8-12-32(37(6,35)36)22-14-19(3)13-20(4)15-22/h7,9-10,13-15,18,21H,8,11-12,16-17H2,1-6H3,(H,30,34). The van der Waals surface area contributed by atoms with Crippen LogP contribution in [0, 0.1) is 19.8 Å². The number of hydrogen-bond donors (Lipinski definition) is 1. The van der Waals surface area contributed by atoms with Crippen LogP contribution in [0.3, 0.4) is 0 Å². The first-order valence-electron chi connectivity index (χ1n) is 12.3. The summed E-state index contributed by atoms with van der Waals surface area (Å²) in [4.78, 5) is 27.7. The van der Waals surface area contributed by atoms with E-state index >= 15 is 0 Å². The Balaban J connectivity index is 2.24. The molecule has 2 aromatic rings. The van der Waals surface area contributed by atoms with Crippen LogP contribution in [0.5, 0.6) is 0 Å². The summed E-state index contributed by atoms with van der Waals surface area (Å²) in [6, 6.07) is 9.89. The van der Waals surface area contributed by atoms with Crippen LogP contribution in [0.2, 0.25) is 10.0 Å². The number of hydrogen-bond acceptors (Lipinski definition) is 4. The molecule has 1 unspecified atom stereocenters. The Labute approximate surface area is 231 Å². The molecule has 0 heterocycles. The van der Waals surface area contributed by atoms with E-state index in [1.165, 1.54) is 9.21 Å². The maximum Gasteiger partial charge on any atom is 0.242 e. The number of halogens is 2. The molecule has 37 heavy (non-hydrogen) atoms. The molecule has 0 aromatic heterocycles. The second-order valence-corrected chi connectivity index (χ2v) is 12.5. The van der Waals surface area contributed by atoms with E-state index in [4.69, 9.17) is 23.2 Å². The van der Waals surface area contributed by atoms with Crippen LogP contribution < -0.4 is 9.62 Å². The number of carbonyl (C=O) groups is 2. The molecule has 1 atom stereocenters. The predicted octanol–water partition coefficient (Wildman–Crippen LogP) is 5.35. The van der Waals surface area contributed by atoms with Crippen LogP contribution >= 0.6 is 23.2 Å². The van der Waals surface area contributed by atoms with Gasteiger partial charge in [0.1, 0.15) is 6.04 Å². The zero-order chi connectivity index (χ0) is 27.9. The molecule has 204 valence electrons. The number of carbonyl (C=O) groups excluding carboxylic acids is 2. The zero-order valence-electron chi connectivity index (χ0n) is 22.3. The van der Waals surface area contributed by atoms with Crippen molar-refractivity contribution in [3.8, 4) is 0 Å². The van der Waals surface area contributed by atoms with Gasteiger partial charge in [0, 0.05) is 41.7 Å². The summed E-state index contributed by atoms with van der Waals surface area (Å²) in [6.07, 6.45) is 1.46. The van der Waals surface area contributed by atoms with Gasteiger partial charge in [0.2, 0.25) is 21.8 Å². The minimum atomic E-state index is -3.57. The SMILES string of the molecule is Cc1cc(C)cc(N(CCCC(=O)N(Cc2c(Cl)cccc2Cl)C(C)C(=O)NCC(C)C)S(C)(=O)=O)c1. The van der Waals surface area contributed by atoms with Crippen LogP contribution in [0.1, 0.15) is 50.3 Å². The van der Waals surface area contributed by atoms with E-state index in [9.17, 15) is 18.0 Å². The van der Waals surface area contributed by atoms with Crippen molar-refractivity contribution in [2.24, 2.45) is 5.92 Å². The first kappa shape index (κ1) is 30.9. The molecule has 0 aliphatic heterocycles. The molecule has 2 amide bonds. The lowest BCUT2D eigenvalue weighted by Crippen LogP contribution is -2.48. The molecule has 0 spiro atoms. The van der Waals surface area contributed by atoms with E-state index in [-0.39, 0.29) is 43.7 Å². The van der Waals surface area contributed by atoms with Crippen molar-refractivity contribution in [1.29, 1.82) is 0 Å². The van der Waals surface area contributed by atoms with E-state index < -0.39 is 16.1 Å². The molecule has 7 nitrogen and oxygen atoms in total. The number of rotatable bonds is 12. The van der Waals surface area contributed by atoms with E-state index in [2.05, 4.69) is 5.32 Å². The van der Waals surface area contributed by atoms with Gasteiger partial charge < -0.3 is 10.2 Å². The smallest absolute Gasteiger partial charge is 0.242 e. The van der Waals surface area contributed by atoms with Crippen LogP contribution in [0.15, 0.2) is 36.4 Å². The van der Waals surface area contributed by atoms with E-state index in [1.807, 2.05) is 45.9 Å². The van der Waals surface area contributed by atoms with Crippen LogP contribution in [0.4, 0.5) is 5.69 Å². The predicted molar refractivity (Wildman–Crippen MR) is 152 cm³/mol. The zero-order valence-corrected chi connectivity index (χ0v) is 24.7. The highest BCUT2D eigenvalue weighted by molar-refractivity contribution is 7.92. The molecule has 0 saturated heterocycles. The number of anilines is 1. The Morgan fingerprint density at radius 1 is 1.00 bits per heavy atom. The quantitative estimate of drug-likeness (QED) is 0.373. The third-order valence-corrected chi connectivity index (χ3v) is 7.79. The minimum Gasteiger partial charge on any atom is -0.354 e. The fourth-order valence-corrected chi connectivity index (χ4v) is 5.45. The van der Waals surface area contributed by atoms with Gasteiger partial charge in [0.15, 0.2) is 0 Å². The third-order valence-electron chi connectivity index (χ3n) is 5.89. The number of amides is 2. The summed E-state index contributed by atoms with van der Waals surface area (Å²) in [5.41, 5.74) is 3.01. The van der Waals surface area contributed by atoms with E-state index in [1.54, 1.807) is 25.1 Å². The van der Waals surface area contributed by atoms with Crippen LogP contribution in [0.25, 0.3) is 0 Å². The van der Waals surface area contributed by atoms with Crippen molar-refractivity contribution in [1.82, 2.24) is 10.2 Å². The molecule has 0 saturated carbocycles. The molecular weight excluding hydrogens is 533 g/mol. The van der Waals surface area contributed by atoms with Gasteiger partial charge in [-0.2, -0.15) is 0 Å². The highest BCUT2D eigenvalue weighted by atomic mass is 35.5. The summed E-state index contributed by atoms with van der Waals surface area (Å²) in [6.45, 7) is 10.1. The Bertz CT molecular complexity index is 1180. The van der Waals surface area contributed by atoms with Gasteiger partial charge in [-0.05, 0) is 68.5 Å². The molecule has 0 fully saturated rings. The topological polar surface area (TPSA) is 86.8 Å². The van der Waals surface area contributed by atoms with Crippen molar-refractivity contribution in [2.75, 3.05) is 23.7 Å². The number of sulfonamides is 1. The van der Waals surface area contributed by atoms with Crippen molar-refractivity contribution in [2.45, 2.75) is 60.0 Å². The fraction of sp³-hybridized carbons (Fsp3) is 0.481. The molecule has 1 N–H and O–H groups in total. The number of aryl methyl sites for hydroxylation is 2. The Morgan fingerprint density at radius 3 is 2.08 bits per heavy atom. The molecule has 2 aromatic carbocycles. The molecule has 0 bridgehead atoms. The maximum atomic E-state index is 13.4. The van der Waals surface area contributed by atoms with Crippen LogP contribution in [-0.2, 0) is 26.2 Å². The lowest BCUT2D eigenvalue weighted by atomic mass is 10.1. The van der Waals surface area contributed by atoms with Gasteiger partial charge in [-0.3, -0.25) is 13.9 Å². The number of benzene rings is 2. The van der Waals surface area contributed by atoms with Crippen molar-refractivity contribution in [3.05, 3.63) is 63.1 Å². The normalized spacial score (nSPS) is 12.4.